The second-order valence-corrected chi connectivity index (χ2v) is 6.49. The Morgan fingerprint density at radius 3 is 2.24 bits per heavy atom. The van der Waals surface area contributed by atoms with Gasteiger partial charge in [-0.25, -0.2) is 0 Å². The van der Waals surface area contributed by atoms with E-state index in [1.165, 1.54) is 11.3 Å². The van der Waals surface area contributed by atoms with Crippen molar-refractivity contribution in [3.8, 4) is 0 Å². The second-order valence-electron chi connectivity index (χ2n) is 5.51. The van der Waals surface area contributed by atoms with E-state index in [2.05, 4.69) is 57.4 Å². The van der Waals surface area contributed by atoms with Gasteiger partial charge in [-0.05, 0) is 42.2 Å². The van der Waals surface area contributed by atoms with Crippen LogP contribution in [-0.2, 0) is 0 Å². The van der Waals surface area contributed by atoms with Crippen molar-refractivity contribution in [1.82, 2.24) is 5.32 Å². The minimum atomic E-state index is 0.523. The molecule has 1 unspecified atom stereocenters. The number of hydrogen-bond acceptors (Lipinski definition) is 2. The molecule has 0 fully saturated rings. The van der Waals surface area contributed by atoms with Crippen molar-refractivity contribution in [2.75, 3.05) is 6.54 Å². The van der Waals surface area contributed by atoms with E-state index in [9.17, 15) is 0 Å². The van der Waals surface area contributed by atoms with Crippen molar-refractivity contribution in [3.63, 3.8) is 0 Å². The summed E-state index contributed by atoms with van der Waals surface area (Å²) in [5.74, 6) is 2.14. The van der Waals surface area contributed by atoms with Crippen LogP contribution in [0.4, 0.5) is 0 Å². The molecular formula is C15H27NS. The zero-order chi connectivity index (χ0) is 12.8. The lowest BCUT2D eigenvalue weighted by Crippen LogP contribution is -2.34. The molecular weight excluding hydrogens is 226 g/mol. The highest BCUT2D eigenvalue weighted by Gasteiger charge is 2.28. The maximum atomic E-state index is 3.74. The molecule has 17 heavy (non-hydrogen) atoms. The van der Waals surface area contributed by atoms with E-state index in [1.54, 1.807) is 0 Å². The van der Waals surface area contributed by atoms with Crippen LogP contribution >= 0.6 is 11.3 Å². The molecule has 2 heteroatoms. The first kappa shape index (κ1) is 14.7. The first-order valence-electron chi connectivity index (χ1n) is 6.84. The Labute approximate surface area is 111 Å². The normalized spacial score (nSPS) is 13.9. The van der Waals surface area contributed by atoms with Gasteiger partial charge in [0.2, 0.25) is 0 Å². The predicted molar refractivity (Wildman–Crippen MR) is 78.5 cm³/mol. The summed E-state index contributed by atoms with van der Waals surface area (Å²) in [6.45, 7) is 12.7. The van der Waals surface area contributed by atoms with Gasteiger partial charge in [0.1, 0.15) is 0 Å². The highest BCUT2D eigenvalue weighted by atomic mass is 32.1. The first-order valence-corrected chi connectivity index (χ1v) is 7.72. The SMILES string of the molecule is CCCNC(c1cccs1)C(C(C)C)C(C)C. The maximum absolute atomic E-state index is 3.74. The summed E-state index contributed by atoms with van der Waals surface area (Å²) in [7, 11) is 0. The van der Waals surface area contributed by atoms with Crippen LogP contribution in [-0.4, -0.2) is 6.54 Å². The first-order chi connectivity index (χ1) is 8.07. The lowest BCUT2D eigenvalue weighted by Gasteiger charge is -2.33. The molecule has 0 radical (unpaired) electrons. The van der Waals surface area contributed by atoms with E-state index >= 15 is 0 Å². The molecule has 1 heterocycles. The molecule has 0 aliphatic rings. The van der Waals surface area contributed by atoms with Crippen LogP contribution in [0.2, 0.25) is 0 Å². The van der Waals surface area contributed by atoms with Gasteiger partial charge in [-0.3, -0.25) is 0 Å². The summed E-state index contributed by atoms with van der Waals surface area (Å²) in [6.07, 6.45) is 1.20. The van der Waals surface area contributed by atoms with Gasteiger partial charge in [0.25, 0.3) is 0 Å². The van der Waals surface area contributed by atoms with Crippen molar-refractivity contribution in [2.45, 2.75) is 47.1 Å². The molecule has 1 N–H and O–H groups in total. The van der Waals surface area contributed by atoms with E-state index in [0.29, 0.717) is 23.8 Å². The van der Waals surface area contributed by atoms with E-state index in [1.807, 2.05) is 11.3 Å². The predicted octanol–water partition coefficient (Wildman–Crippen LogP) is 4.72. The van der Waals surface area contributed by atoms with Gasteiger partial charge >= 0.3 is 0 Å². The van der Waals surface area contributed by atoms with Gasteiger partial charge < -0.3 is 5.32 Å². The fourth-order valence-corrected chi connectivity index (χ4v) is 3.59. The Morgan fingerprint density at radius 1 is 1.18 bits per heavy atom. The van der Waals surface area contributed by atoms with Crippen LogP contribution in [0, 0.1) is 17.8 Å². The van der Waals surface area contributed by atoms with Gasteiger partial charge in [-0.15, -0.1) is 11.3 Å². The molecule has 0 amide bonds. The van der Waals surface area contributed by atoms with Gasteiger partial charge in [-0.1, -0.05) is 40.7 Å². The smallest absolute Gasteiger partial charge is 0.0448 e. The largest absolute Gasteiger partial charge is 0.309 e. The van der Waals surface area contributed by atoms with Crippen LogP contribution in [0.25, 0.3) is 0 Å². The van der Waals surface area contributed by atoms with E-state index in [4.69, 9.17) is 0 Å². The van der Waals surface area contributed by atoms with Crippen LogP contribution in [0.5, 0.6) is 0 Å². The van der Waals surface area contributed by atoms with Crippen LogP contribution in [0.15, 0.2) is 17.5 Å². The fourth-order valence-electron chi connectivity index (χ4n) is 2.73. The second kappa shape index (κ2) is 7.17. The number of nitrogens with one attached hydrogen (secondary N) is 1. The summed E-state index contributed by atoms with van der Waals surface area (Å²) in [6, 6.07) is 4.96. The summed E-state index contributed by atoms with van der Waals surface area (Å²) in [5.41, 5.74) is 0. The molecule has 0 bridgehead atoms. The van der Waals surface area contributed by atoms with E-state index in [0.717, 1.165) is 6.54 Å². The zero-order valence-corrected chi connectivity index (χ0v) is 12.7. The molecule has 1 aromatic rings. The van der Waals surface area contributed by atoms with Crippen LogP contribution in [0.1, 0.15) is 52.0 Å². The minimum Gasteiger partial charge on any atom is -0.309 e. The van der Waals surface area contributed by atoms with E-state index < -0.39 is 0 Å². The van der Waals surface area contributed by atoms with Crippen molar-refractivity contribution in [2.24, 2.45) is 17.8 Å². The lowest BCUT2D eigenvalue weighted by atomic mass is 9.79. The number of rotatable bonds is 7. The molecule has 0 spiro atoms. The zero-order valence-electron chi connectivity index (χ0n) is 11.9. The van der Waals surface area contributed by atoms with Crippen molar-refractivity contribution < 1.29 is 0 Å². The highest BCUT2D eigenvalue weighted by molar-refractivity contribution is 7.10. The van der Waals surface area contributed by atoms with E-state index in [-0.39, 0.29) is 0 Å². The Hall–Kier alpha value is -0.340. The third kappa shape index (κ3) is 4.11. The number of hydrogen-bond donors (Lipinski definition) is 1. The van der Waals surface area contributed by atoms with Gasteiger partial charge in [0.05, 0.1) is 0 Å². The lowest BCUT2D eigenvalue weighted by molar-refractivity contribution is 0.212. The van der Waals surface area contributed by atoms with Gasteiger partial charge in [0, 0.05) is 10.9 Å². The summed E-state index contributed by atoms with van der Waals surface area (Å²) >= 11 is 1.88. The van der Waals surface area contributed by atoms with Crippen molar-refractivity contribution >= 4 is 11.3 Å². The average molecular weight is 253 g/mol. The fraction of sp³-hybridized carbons (Fsp3) is 0.733. The number of thiophene rings is 1. The molecule has 98 valence electrons. The molecule has 1 rings (SSSR count). The molecule has 1 nitrogen and oxygen atoms in total. The Bertz CT molecular complexity index is 282. The Morgan fingerprint density at radius 2 is 1.82 bits per heavy atom. The summed E-state index contributed by atoms with van der Waals surface area (Å²) < 4.78 is 0. The monoisotopic (exact) mass is 253 g/mol. The molecule has 0 aliphatic heterocycles. The van der Waals surface area contributed by atoms with Crippen LogP contribution < -0.4 is 5.32 Å². The Kier molecular flexibility index (Phi) is 6.21. The Balaban J connectivity index is 2.87. The summed E-state index contributed by atoms with van der Waals surface area (Å²) in [5, 5.41) is 5.93. The molecule has 0 saturated heterocycles. The third-order valence-corrected chi connectivity index (χ3v) is 4.34. The molecule has 0 saturated carbocycles. The standard InChI is InChI=1S/C15H27NS/c1-6-9-16-15(13-8-7-10-17-13)14(11(2)3)12(4)5/h7-8,10-12,14-16H,6,9H2,1-5H3. The minimum absolute atomic E-state index is 0.523. The van der Waals surface area contributed by atoms with Crippen LogP contribution in [0.3, 0.4) is 0 Å². The highest BCUT2D eigenvalue weighted by Crippen LogP contribution is 2.35. The average Bonchev–Trinajstić information content (AvgIpc) is 2.75. The van der Waals surface area contributed by atoms with Crippen molar-refractivity contribution in [3.05, 3.63) is 22.4 Å². The van der Waals surface area contributed by atoms with Crippen molar-refractivity contribution in [1.29, 1.82) is 0 Å². The molecule has 1 atom stereocenters. The van der Waals surface area contributed by atoms with Gasteiger partial charge in [0.15, 0.2) is 0 Å². The molecule has 0 aromatic carbocycles. The maximum Gasteiger partial charge on any atom is 0.0448 e. The molecule has 1 aromatic heterocycles. The van der Waals surface area contributed by atoms with Gasteiger partial charge in [-0.2, -0.15) is 0 Å². The topological polar surface area (TPSA) is 12.0 Å². The quantitative estimate of drug-likeness (QED) is 0.741. The third-order valence-electron chi connectivity index (χ3n) is 3.39. The summed E-state index contributed by atoms with van der Waals surface area (Å²) in [4.78, 5) is 1.49. The molecule has 0 aliphatic carbocycles.